The van der Waals surface area contributed by atoms with Crippen LogP contribution in [-0.4, -0.2) is 31.6 Å². The molecule has 3 heteroatoms. The van der Waals surface area contributed by atoms with Gasteiger partial charge in [-0.1, -0.05) is 32.0 Å². The second-order valence-corrected chi connectivity index (χ2v) is 6.53. The number of ether oxygens (including phenoxy) is 1. The number of benzene rings is 1. The van der Waals surface area contributed by atoms with Gasteiger partial charge in [0.2, 0.25) is 0 Å². The molecule has 1 aliphatic rings. The first-order valence-corrected chi connectivity index (χ1v) is 8.23. The van der Waals surface area contributed by atoms with Crippen LogP contribution >= 0.6 is 11.8 Å². The third-order valence-electron chi connectivity index (χ3n) is 3.73. The minimum Gasteiger partial charge on any atom is -0.380 e. The molecule has 0 aliphatic carbocycles. The van der Waals surface area contributed by atoms with E-state index >= 15 is 0 Å². The summed E-state index contributed by atoms with van der Waals surface area (Å²) >= 11 is 1.98. The molecule has 1 aromatic rings. The molecule has 0 aromatic heterocycles. The lowest BCUT2D eigenvalue weighted by molar-refractivity contribution is 0.108. The average molecular weight is 279 g/mol. The molecule has 1 aliphatic heterocycles. The summed E-state index contributed by atoms with van der Waals surface area (Å²) in [5, 5.41) is 3.70. The molecule has 0 saturated carbocycles. The Balaban J connectivity index is 1.88. The average Bonchev–Trinajstić information content (AvgIpc) is 2.82. The zero-order valence-corrected chi connectivity index (χ0v) is 13.0. The first kappa shape index (κ1) is 14.9. The zero-order chi connectivity index (χ0) is 13.7. The van der Waals surface area contributed by atoms with Crippen LogP contribution < -0.4 is 5.32 Å². The predicted molar refractivity (Wildman–Crippen MR) is 83.0 cm³/mol. The Bertz CT molecular complexity index is 394. The van der Waals surface area contributed by atoms with Crippen molar-refractivity contribution in [2.45, 2.75) is 37.6 Å². The first-order chi connectivity index (χ1) is 9.22. The fraction of sp³-hybridized carbons (Fsp3) is 0.625. The Morgan fingerprint density at radius 1 is 1.37 bits per heavy atom. The highest BCUT2D eigenvalue weighted by molar-refractivity contribution is 7.99. The van der Waals surface area contributed by atoms with Gasteiger partial charge in [0.1, 0.15) is 0 Å². The number of fused-ring (bicyclic) bond motifs is 1. The lowest BCUT2D eigenvalue weighted by Crippen LogP contribution is -2.40. The van der Waals surface area contributed by atoms with Gasteiger partial charge in [-0.2, -0.15) is 0 Å². The molecule has 0 spiro atoms. The number of nitrogens with one attached hydrogen (secondary N) is 1. The predicted octanol–water partition coefficient (Wildman–Crippen LogP) is 3.53. The van der Waals surface area contributed by atoms with E-state index in [1.165, 1.54) is 16.2 Å². The largest absolute Gasteiger partial charge is 0.380 e. The maximum Gasteiger partial charge on any atom is 0.0621 e. The third kappa shape index (κ3) is 3.98. The van der Waals surface area contributed by atoms with Crippen molar-refractivity contribution < 1.29 is 4.74 Å². The summed E-state index contributed by atoms with van der Waals surface area (Å²) in [5.41, 5.74) is 1.51. The number of hydrogen-bond donors (Lipinski definition) is 1. The fourth-order valence-corrected chi connectivity index (χ4v) is 3.68. The van der Waals surface area contributed by atoms with Gasteiger partial charge < -0.3 is 10.1 Å². The Labute approximate surface area is 121 Å². The summed E-state index contributed by atoms with van der Waals surface area (Å²) in [5.74, 6) is 2.45. The molecule has 0 saturated heterocycles. The van der Waals surface area contributed by atoms with Gasteiger partial charge in [-0.3, -0.25) is 0 Å². The first-order valence-electron chi connectivity index (χ1n) is 7.25. The smallest absolute Gasteiger partial charge is 0.0621 e. The van der Waals surface area contributed by atoms with Crippen molar-refractivity contribution in [3.63, 3.8) is 0 Å². The molecule has 0 bridgehead atoms. The highest BCUT2D eigenvalue weighted by Crippen LogP contribution is 2.38. The highest BCUT2D eigenvalue weighted by atomic mass is 32.2. The van der Waals surface area contributed by atoms with Crippen molar-refractivity contribution in [2.24, 2.45) is 5.92 Å². The van der Waals surface area contributed by atoms with Gasteiger partial charge in [0.05, 0.1) is 6.61 Å². The third-order valence-corrected chi connectivity index (χ3v) is 4.98. The fourth-order valence-electron chi connectivity index (χ4n) is 2.42. The molecule has 1 N–H and O–H groups in total. The van der Waals surface area contributed by atoms with E-state index in [-0.39, 0.29) is 0 Å². The molecule has 1 heterocycles. The zero-order valence-electron chi connectivity index (χ0n) is 12.2. The summed E-state index contributed by atoms with van der Waals surface area (Å²) in [6.07, 6.45) is 0. The summed E-state index contributed by atoms with van der Waals surface area (Å²) in [4.78, 5) is 1.46. The molecule has 2 atom stereocenters. The van der Waals surface area contributed by atoms with Gasteiger partial charge in [0, 0.05) is 35.8 Å². The standard InChI is InChI=1S/C16H25NOS/c1-4-18-10-15(12(2)3)17-9-13-11-19-16-8-6-5-7-14(13)16/h5-8,12-13,15,17H,4,9-11H2,1-3H3. The van der Waals surface area contributed by atoms with Gasteiger partial charge in [0.15, 0.2) is 0 Å². The van der Waals surface area contributed by atoms with Gasteiger partial charge in [0.25, 0.3) is 0 Å². The summed E-state index contributed by atoms with van der Waals surface area (Å²) in [7, 11) is 0. The van der Waals surface area contributed by atoms with Crippen LogP contribution in [0.3, 0.4) is 0 Å². The van der Waals surface area contributed by atoms with E-state index in [2.05, 4.69) is 50.4 Å². The van der Waals surface area contributed by atoms with E-state index in [9.17, 15) is 0 Å². The van der Waals surface area contributed by atoms with Crippen LogP contribution in [0.4, 0.5) is 0 Å². The van der Waals surface area contributed by atoms with E-state index in [0.717, 1.165) is 19.8 Å². The summed E-state index contributed by atoms with van der Waals surface area (Å²) in [6, 6.07) is 9.25. The van der Waals surface area contributed by atoms with Gasteiger partial charge in [-0.25, -0.2) is 0 Å². The molecule has 0 fully saturated rings. The monoisotopic (exact) mass is 279 g/mol. The molecule has 2 nitrogen and oxygen atoms in total. The Kier molecular flexibility index (Phi) is 5.74. The molecular weight excluding hydrogens is 254 g/mol. The van der Waals surface area contributed by atoms with E-state index in [1.807, 2.05) is 11.8 Å². The van der Waals surface area contributed by atoms with Crippen LogP contribution in [0.15, 0.2) is 29.2 Å². The van der Waals surface area contributed by atoms with Crippen LogP contribution in [0.2, 0.25) is 0 Å². The maximum atomic E-state index is 5.57. The second kappa shape index (κ2) is 7.32. The van der Waals surface area contributed by atoms with E-state index in [1.54, 1.807) is 0 Å². The highest BCUT2D eigenvalue weighted by Gasteiger charge is 2.23. The van der Waals surface area contributed by atoms with Crippen molar-refractivity contribution in [3.8, 4) is 0 Å². The SMILES string of the molecule is CCOCC(NCC1CSc2ccccc21)C(C)C. The Morgan fingerprint density at radius 2 is 2.16 bits per heavy atom. The normalized spacial score (nSPS) is 19.7. The second-order valence-electron chi connectivity index (χ2n) is 5.46. The molecule has 19 heavy (non-hydrogen) atoms. The van der Waals surface area contributed by atoms with Crippen molar-refractivity contribution >= 4 is 11.8 Å². The molecule has 2 unspecified atom stereocenters. The minimum atomic E-state index is 0.456. The maximum absolute atomic E-state index is 5.57. The van der Waals surface area contributed by atoms with Crippen molar-refractivity contribution in [2.75, 3.05) is 25.5 Å². The summed E-state index contributed by atoms with van der Waals surface area (Å²) < 4.78 is 5.57. The topological polar surface area (TPSA) is 21.3 Å². The molecule has 1 aromatic carbocycles. The minimum absolute atomic E-state index is 0.456. The Morgan fingerprint density at radius 3 is 2.89 bits per heavy atom. The quantitative estimate of drug-likeness (QED) is 0.825. The van der Waals surface area contributed by atoms with Crippen LogP contribution in [0.5, 0.6) is 0 Å². The van der Waals surface area contributed by atoms with E-state index < -0.39 is 0 Å². The van der Waals surface area contributed by atoms with Crippen LogP contribution in [0, 0.1) is 5.92 Å². The molecule has 0 amide bonds. The lowest BCUT2D eigenvalue weighted by Gasteiger charge is -2.24. The van der Waals surface area contributed by atoms with Crippen molar-refractivity contribution in [1.29, 1.82) is 0 Å². The Hall–Kier alpha value is -0.510. The molecule has 2 rings (SSSR count). The van der Waals surface area contributed by atoms with E-state index in [4.69, 9.17) is 4.74 Å². The number of thioether (sulfide) groups is 1. The van der Waals surface area contributed by atoms with Gasteiger partial charge in [-0.15, -0.1) is 11.8 Å². The number of hydrogen-bond acceptors (Lipinski definition) is 3. The van der Waals surface area contributed by atoms with Crippen LogP contribution in [-0.2, 0) is 4.74 Å². The molecular formula is C16H25NOS. The van der Waals surface area contributed by atoms with E-state index in [0.29, 0.717) is 17.9 Å². The lowest BCUT2D eigenvalue weighted by atomic mass is 9.99. The molecule has 0 radical (unpaired) electrons. The van der Waals surface area contributed by atoms with Crippen LogP contribution in [0.25, 0.3) is 0 Å². The number of rotatable bonds is 7. The van der Waals surface area contributed by atoms with Gasteiger partial charge in [-0.05, 0) is 24.5 Å². The van der Waals surface area contributed by atoms with Crippen molar-refractivity contribution in [3.05, 3.63) is 29.8 Å². The van der Waals surface area contributed by atoms with Crippen molar-refractivity contribution in [1.82, 2.24) is 5.32 Å². The van der Waals surface area contributed by atoms with Crippen LogP contribution in [0.1, 0.15) is 32.3 Å². The van der Waals surface area contributed by atoms with Gasteiger partial charge >= 0.3 is 0 Å². The summed E-state index contributed by atoms with van der Waals surface area (Å²) in [6.45, 7) is 9.24. The molecule has 106 valence electrons.